The second kappa shape index (κ2) is 3.96. The van der Waals surface area contributed by atoms with Gasteiger partial charge in [0.05, 0.1) is 0 Å². The van der Waals surface area contributed by atoms with Crippen molar-refractivity contribution in [1.29, 1.82) is 0 Å². The normalized spacial score (nSPS) is 12.5. The van der Waals surface area contributed by atoms with Gasteiger partial charge in [0.15, 0.2) is 0 Å². The largest absolute Gasteiger partial charge is 0.368 e. The lowest BCUT2D eigenvalue weighted by atomic mass is 10.1. The van der Waals surface area contributed by atoms with Gasteiger partial charge < -0.3 is 5.73 Å². The van der Waals surface area contributed by atoms with Crippen LogP contribution in [0.25, 0.3) is 0 Å². The van der Waals surface area contributed by atoms with Crippen molar-refractivity contribution in [2.24, 2.45) is 5.73 Å². The molecule has 0 saturated heterocycles. The second-order valence-electron chi connectivity index (χ2n) is 2.36. The lowest BCUT2D eigenvalue weighted by molar-refractivity contribution is -0.117. The zero-order chi connectivity index (χ0) is 9.14. The molecule has 0 aromatic heterocycles. The van der Waals surface area contributed by atoms with Gasteiger partial charge in [0, 0.05) is 4.47 Å². The fourth-order valence-electron chi connectivity index (χ4n) is 0.841. The van der Waals surface area contributed by atoms with Crippen molar-refractivity contribution in [3.05, 3.63) is 34.3 Å². The Balaban J connectivity index is 2.95. The first-order valence-electron chi connectivity index (χ1n) is 3.34. The first-order chi connectivity index (χ1) is 5.61. The summed E-state index contributed by atoms with van der Waals surface area (Å²) in [5.74, 6) is -0.434. The molecule has 0 bridgehead atoms. The highest BCUT2D eigenvalue weighted by molar-refractivity contribution is 9.10. The van der Waals surface area contributed by atoms with Crippen LogP contribution in [0.1, 0.15) is 10.8 Å². The van der Waals surface area contributed by atoms with Gasteiger partial charge in [-0.1, -0.05) is 28.1 Å². The zero-order valence-electron chi connectivity index (χ0n) is 6.20. The van der Waals surface area contributed by atoms with Crippen LogP contribution in [-0.2, 0) is 4.79 Å². The van der Waals surface area contributed by atoms with Crippen LogP contribution >= 0.6 is 28.6 Å². The Morgan fingerprint density at radius 3 is 2.75 bits per heavy atom. The number of carbonyl (C=O) groups excluding carboxylic acids is 1. The Morgan fingerprint density at radius 1 is 1.58 bits per heavy atom. The van der Waals surface area contributed by atoms with E-state index in [4.69, 9.17) is 5.73 Å². The maximum Gasteiger partial charge on any atom is 0.234 e. The standard InChI is InChI=1S/C8H8BrNOS/c9-6-3-1-2-5(4-6)7(12)8(10)11/h1-4,7,12H,(H2,10,11). The van der Waals surface area contributed by atoms with E-state index in [0.29, 0.717) is 0 Å². The van der Waals surface area contributed by atoms with E-state index in [1.54, 1.807) is 0 Å². The maximum absolute atomic E-state index is 10.7. The molecule has 0 aliphatic rings. The molecule has 0 heterocycles. The lowest BCUT2D eigenvalue weighted by Crippen LogP contribution is -2.16. The van der Waals surface area contributed by atoms with Gasteiger partial charge in [-0.05, 0) is 17.7 Å². The van der Waals surface area contributed by atoms with E-state index >= 15 is 0 Å². The molecule has 0 spiro atoms. The van der Waals surface area contributed by atoms with E-state index < -0.39 is 11.2 Å². The molecule has 4 heteroatoms. The van der Waals surface area contributed by atoms with Gasteiger partial charge in [0.1, 0.15) is 5.25 Å². The minimum atomic E-state index is -0.525. The van der Waals surface area contributed by atoms with Crippen LogP contribution in [-0.4, -0.2) is 5.91 Å². The Bertz CT molecular complexity index is 303. The molecular weight excluding hydrogens is 238 g/mol. The molecule has 64 valence electrons. The van der Waals surface area contributed by atoms with E-state index in [1.807, 2.05) is 24.3 Å². The minimum absolute atomic E-state index is 0.434. The van der Waals surface area contributed by atoms with Gasteiger partial charge in [-0.3, -0.25) is 4.79 Å². The highest BCUT2D eigenvalue weighted by atomic mass is 79.9. The molecule has 0 radical (unpaired) electrons. The summed E-state index contributed by atoms with van der Waals surface area (Å²) in [4.78, 5) is 10.7. The van der Waals surface area contributed by atoms with Crippen LogP contribution in [0.15, 0.2) is 28.7 Å². The minimum Gasteiger partial charge on any atom is -0.368 e. The molecule has 2 N–H and O–H groups in total. The Labute approximate surface area is 84.7 Å². The lowest BCUT2D eigenvalue weighted by Gasteiger charge is -2.06. The van der Waals surface area contributed by atoms with Gasteiger partial charge in [-0.25, -0.2) is 0 Å². The predicted molar refractivity (Wildman–Crippen MR) is 55.1 cm³/mol. The molecule has 12 heavy (non-hydrogen) atoms. The molecule has 1 unspecified atom stereocenters. The number of halogens is 1. The summed E-state index contributed by atoms with van der Waals surface area (Å²) in [7, 11) is 0. The van der Waals surface area contributed by atoms with Gasteiger partial charge in [-0.2, -0.15) is 12.6 Å². The Morgan fingerprint density at radius 2 is 2.25 bits per heavy atom. The Kier molecular flexibility index (Phi) is 3.17. The predicted octanol–water partition coefficient (Wildman–Crippen LogP) is 1.91. The maximum atomic E-state index is 10.7. The summed E-state index contributed by atoms with van der Waals surface area (Å²) in [5, 5.41) is -0.525. The average Bonchev–Trinajstić information content (AvgIpc) is 2.03. The van der Waals surface area contributed by atoms with E-state index in [0.717, 1.165) is 10.0 Å². The third-order valence-electron chi connectivity index (χ3n) is 1.43. The van der Waals surface area contributed by atoms with Gasteiger partial charge in [0.25, 0.3) is 0 Å². The first-order valence-corrected chi connectivity index (χ1v) is 4.65. The molecule has 1 aromatic carbocycles. The number of rotatable bonds is 2. The highest BCUT2D eigenvalue weighted by Gasteiger charge is 2.11. The van der Waals surface area contributed by atoms with Gasteiger partial charge in [0.2, 0.25) is 5.91 Å². The van der Waals surface area contributed by atoms with Crippen LogP contribution in [0.5, 0.6) is 0 Å². The summed E-state index contributed by atoms with van der Waals surface area (Å²) in [6.07, 6.45) is 0. The molecule has 0 saturated carbocycles. The average molecular weight is 246 g/mol. The molecule has 0 fully saturated rings. The molecule has 0 aliphatic carbocycles. The fourth-order valence-corrected chi connectivity index (χ4v) is 1.42. The third-order valence-corrected chi connectivity index (χ3v) is 2.48. The number of benzene rings is 1. The third kappa shape index (κ3) is 2.25. The van der Waals surface area contributed by atoms with Crippen LogP contribution in [0.4, 0.5) is 0 Å². The van der Waals surface area contributed by atoms with Crippen LogP contribution < -0.4 is 5.73 Å². The number of carbonyl (C=O) groups is 1. The summed E-state index contributed by atoms with van der Waals surface area (Å²) >= 11 is 7.36. The van der Waals surface area contributed by atoms with Crippen molar-refractivity contribution in [2.45, 2.75) is 5.25 Å². The van der Waals surface area contributed by atoms with Gasteiger partial charge in [-0.15, -0.1) is 0 Å². The molecular formula is C8H8BrNOS. The Hall–Kier alpha value is -0.480. The number of primary amides is 1. The second-order valence-corrected chi connectivity index (χ2v) is 3.79. The number of amides is 1. The molecule has 1 aromatic rings. The van der Waals surface area contributed by atoms with E-state index in [-0.39, 0.29) is 0 Å². The monoisotopic (exact) mass is 245 g/mol. The molecule has 0 aliphatic heterocycles. The zero-order valence-corrected chi connectivity index (χ0v) is 8.68. The molecule has 1 amide bonds. The van der Waals surface area contributed by atoms with Crippen LogP contribution in [0.3, 0.4) is 0 Å². The number of hydrogen-bond donors (Lipinski definition) is 2. The van der Waals surface area contributed by atoms with Crippen molar-refractivity contribution in [3.63, 3.8) is 0 Å². The van der Waals surface area contributed by atoms with E-state index in [2.05, 4.69) is 28.6 Å². The van der Waals surface area contributed by atoms with Crippen molar-refractivity contribution in [3.8, 4) is 0 Å². The smallest absolute Gasteiger partial charge is 0.234 e. The summed E-state index contributed by atoms with van der Waals surface area (Å²) in [6, 6.07) is 7.35. The molecule has 1 rings (SSSR count). The number of thiol groups is 1. The quantitative estimate of drug-likeness (QED) is 0.769. The SMILES string of the molecule is NC(=O)C(S)c1cccc(Br)c1. The van der Waals surface area contributed by atoms with E-state index in [1.165, 1.54) is 0 Å². The van der Waals surface area contributed by atoms with Crippen molar-refractivity contribution >= 4 is 34.5 Å². The van der Waals surface area contributed by atoms with Crippen LogP contribution in [0, 0.1) is 0 Å². The van der Waals surface area contributed by atoms with E-state index in [9.17, 15) is 4.79 Å². The number of nitrogens with two attached hydrogens (primary N) is 1. The van der Waals surface area contributed by atoms with Crippen molar-refractivity contribution < 1.29 is 4.79 Å². The van der Waals surface area contributed by atoms with Crippen molar-refractivity contribution in [2.75, 3.05) is 0 Å². The fraction of sp³-hybridized carbons (Fsp3) is 0.125. The first kappa shape index (κ1) is 9.61. The number of hydrogen-bond acceptors (Lipinski definition) is 2. The highest BCUT2D eigenvalue weighted by Crippen LogP contribution is 2.22. The van der Waals surface area contributed by atoms with Crippen molar-refractivity contribution in [1.82, 2.24) is 0 Å². The molecule has 1 atom stereocenters. The summed E-state index contributed by atoms with van der Waals surface area (Å²) < 4.78 is 0.917. The summed E-state index contributed by atoms with van der Waals surface area (Å²) in [5.41, 5.74) is 5.89. The van der Waals surface area contributed by atoms with Gasteiger partial charge >= 0.3 is 0 Å². The topological polar surface area (TPSA) is 43.1 Å². The summed E-state index contributed by atoms with van der Waals surface area (Å²) in [6.45, 7) is 0. The molecule has 2 nitrogen and oxygen atoms in total. The van der Waals surface area contributed by atoms with Crippen LogP contribution in [0.2, 0.25) is 0 Å².